The maximum Gasteiger partial charge on any atom is 0.416 e. The van der Waals surface area contributed by atoms with Gasteiger partial charge in [-0.15, -0.1) is 11.8 Å². The van der Waals surface area contributed by atoms with Crippen molar-refractivity contribution in [3.8, 4) is 0 Å². The first-order valence-corrected chi connectivity index (χ1v) is 9.53. The molecule has 1 fully saturated rings. The number of halogens is 3. The fraction of sp³-hybridized carbons (Fsp3) is 0.611. The highest BCUT2D eigenvalue weighted by Gasteiger charge is 2.40. The van der Waals surface area contributed by atoms with E-state index in [1.54, 1.807) is 11.0 Å². The minimum atomic E-state index is -4.40. The van der Waals surface area contributed by atoms with Crippen molar-refractivity contribution in [1.29, 1.82) is 0 Å². The van der Waals surface area contributed by atoms with Gasteiger partial charge in [0.05, 0.1) is 5.56 Å². The van der Waals surface area contributed by atoms with Crippen LogP contribution >= 0.6 is 11.8 Å². The summed E-state index contributed by atoms with van der Waals surface area (Å²) in [5, 5.41) is -0.536. The lowest BCUT2D eigenvalue weighted by molar-refractivity contribution is -0.141. The third-order valence-electron chi connectivity index (χ3n) is 4.45. The standard InChI is InChI=1S/C18H24F3NOS/c1-3-5-8-13(4-2)16(23)22-11-12-24-17(22)14-9-6-7-10-15(14)18(19,20)21/h6-7,9-10,13,17H,3-5,8,11-12H2,1-2H3/t13-,17+/m0/s1. The monoisotopic (exact) mass is 359 g/mol. The van der Waals surface area contributed by atoms with Crippen LogP contribution in [0.5, 0.6) is 0 Å². The third-order valence-corrected chi connectivity index (χ3v) is 5.70. The number of carbonyl (C=O) groups is 1. The Hall–Kier alpha value is -1.17. The predicted octanol–water partition coefficient (Wildman–Crippen LogP) is 5.50. The molecule has 24 heavy (non-hydrogen) atoms. The van der Waals surface area contributed by atoms with Crippen molar-refractivity contribution in [2.75, 3.05) is 12.3 Å². The molecule has 0 radical (unpaired) electrons. The molecular weight excluding hydrogens is 335 g/mol. The Kier molecular flexibility index (Phi) is 6.61. The highest BCUT2D eigenvalue weighted by Crippen LogP contribution is 2.44. The average molecular weight is 359 g/mol. The van der Waals surface area contributed by atoms with Gasteiger partial charge in [-0.05, 0) is 24.5 Å². The Bertz CT molecular complexity index is 561. The molecule has 1 amide bonds. The second-order valence-electron chi connectivity index (χ2n) is 6.09. The van der Waals surface area contributed by atoms with E-state index in [2.05, 4.69) is 6.92 Å². The number of carbonyl (C=O) groups excluding carboxylic acids is 1. The fourth-order valence-corrected chi connectivity index (χ4v) is 4.41. The first kappa shape index (κ1) is 19.2. The number of hydrogen-bond donors (Lipinski definition) is 0. The van der Waals surface area contributed by atoms with Crippen LogP contribution in [0.25, 0.3) is 0 Å². The van der Waals surface area contributed by atoms with Crippen LogP contribution in [0.2, 0.25) is 0 Å². The molecule has 2 nitrogen and oxygen atoms in total. The van der Waals surface area contributed by atoms with Gasteiger partial charge in [-0.2, -0.15) is 13.2 Å². The molecule has 1 aliphatic heterocycles. The van der Waals surface area contributed by atoms with E-state index in [1.807, 2.05) is 6.92 Å². The third kappa shape index (κ3) is 4.26. The zero-order chi connectivity index (χ0) is 17.7. The zero-order valence-electron chi connectivity index (χ0n) is 14.1. The van der Waals surface area contributed by atoms with Crippen LogP contribution in [0.15, 0.2) is 24.3 Å². The Balaban J connectivity index is 2.27. The SMILES string of the molecule is CCCC[C@H](CC)C(=O)N1CCS[C@@H]1c1ccccc1C(F)(F)F. The molecule has 1 aliphatic rings. The van der Waals surface area contributed by atoms with Gasteiger partial charge < -0.3 is 4.90 Å². The quantitative estimate of drug-likeness (QED) is 0.669. The van der Waals surface area contributed by atoms with Gasteiger partial charge in [0.2, 0.25) is 5.91 Å². The van der Waals surface area contributed by atoms with Gasteiger partial charge in [-0.3, -0.25) is 4.79 Å². The van der Waals surface area contributed by atoms with Crippen molar-refractivity contribution in [2.45, 2.75) is 51.1 Å². The molecule has 1 aromatic rings. The number of amides is 1. The van der Waals surface area contributed by atoms with Crippen molar-refractivity contribution in [2.24, 2.45) is 5.92 Å². The lowest BCUT2D eigenvalue weighted by atomic mass is 9.97. The molecule has 0 bridgehead atoms. The molecule has 1 saturated heterocycles. The number of unbranched alkanes of at least 4 members (excludes halogenated alkanes) is 1. The van der Waals surface area contributed by atoms with Gasteiger partial charge in [0.1, 0.15) is 5.37 Å². The molecule has 6 heteroatoms. The number of alkyl halides is 3. The first-order valence-electron chi connectivity index (χ1n) is 8.48. The Morgan fingerprint density at radius 3 is 2.67 bits per heavy atom. The summed E-state index contributed by atoms with van der Waals surface area (Å²) in [7, 11) is 0. The van der Waals surface area contributed by atoms with Gasteiger partial charge in [-0.1, -0.05) is 44.9 Å². The molecule has 1 heterocycles. The Morgan fingerprint density at radius 2 is 2.04 bits per heavy atom. The summed E-state index contributed by atoms with van der Waals surface area (Å²) < 4.78 is 39.9. The van der Waals surface area contributed by atoms with Gasteiger partial charge in [0.15, 0.2) is 0 Å². The minimum Gasteiger partial charge on any atom is -0.325 e. The Labute approximate surface area is 145 Å². The van der Waals surface area contributed by atoms with E-state index in [1.165, 1.54) is 23.9 Å². The van der Waals surface area contributed by atoms with Crippen LogP contribution in [0.3, 0.4) is 0 Å². The summed E-state index contributed by atoms with van der Waals surface area (Å²) in [4.78, 5) is 14.5. The van der Waals surface area contributed by atoms with E-state index in [-0.39, 0.29) is 17.4 Å². The molecule has 0 aliphatic carbocycles. The maximum absolute atomic E-state index is 13.3. The minimum absolute atomic E-state index is 0.00192. The van der Waals surface area contributed by atoms with Gasteiger partial charge in [0.25, 0.3) is 0 Å². The molecule has 0 spiro atoms. The van der Waals surface area contributed by atoms with Gasteiger partial charge in [0, 0.05) is 18.2 Å². The van der Waals surface area contributed by atoms with E-state index in [9.17, 15) is 18.0 Å². The molecule has 134 valence electrons. The van der Waals surface area contributed by atoms with Crippen LogP contribution in [0.1, 0.15) is 56.0 Å². The topological polar surface area (TPSA) is 20.3 Å². The molecule has 0 saturated carbocycles. The summed E-state index contributed by atoms with van der Waals surface area (Å²) in [6, 6.07) is 5.61. The van der Waals surface area contributed by atoms with Crippen LogP contribution in [-0.4, -0.2) is 23.1 Å². The summed E-state index contributed by atoms with van der Waals surface area (Å²) >= 11 is 1.42. The maximum atomic E-state index is 13.3. The summed E-state index contributed by atoms with van der Waals surface area (Å²) in [5.74, 6) is 0.578. The van der Waals surface area contributed by atoms with Crippen LogP contribution in [0, 0.1) is 5.92 Å². The largest absolute Gasteiger partial charge is 0.416 e. The highest BCUT2D eigenvalue weighted by molar-refractivity contribution is 7.99. The van der Waals surface area contributed by atoms with E-state index in [0.717, 1.165) is 31.7 Å². The van der Waals surface area contributed by atoms with Gasteiger partial charge >= 0.3 is 6.18 Å². The summed E-state index contributed by atoms with van der Waals surface area (Å²) in [6.45, 7) is 4.56. The van der Waals surface area contributed by atoms with Crippen LogP contribution in [-0.2, 0) is 11.0 Å². The van der Waals surface area contributed by atoms with E-state index >= 15 is 0 Å². The first-order chi connectivity index (χ1) is 11.4. The number of rotatable bonds is 6. The molecule has 1 aromatic carbocycles. The van der Waals surface area contributed by atoms with Gasteiger partial charge in [-0.25, -0.2) is 0 Å². The average Bonchev–Trinajstić information content (AvgIpc) is 3.04. The van der Waals surface area contributed by atoms with Crippen LogP contribution in [0.4, 0.5) is 13.2 Å². The molecule has 0 aromatic heterocycles. The second-order valence-corrected chi connectivity index (χ2v) is 7.28. The molecule has 0 unspecified atom stereocenters. The molecular formula is C18H24F3NOS. The lowest BCUT2D eigenvalue weighted by Gasteiger charge is -2.29. The molecule has 2 atom stereocenters. The Morgan fingerprint density at radius 1 is 1.33 bits per heavy atom. The number of benzene rings is 1. The smallest absolute Gasteiger partial charge is 0.325 e. The molecule has 0 N–H and O–H groups in total. The predicted molar refractivity (Wildman–Crippen MR) is 91.7 cm³/mol. The highest BCUT2D eigenvalue weighted by atomic mass is 32.2. The van der Waals surface area contributed by atoms with E-state index < -0.39 is 17.1 Å². The summed E-state index contributed by atoms with van der Waals surface area (Å²) in [5.41, 5.74) is -0.435. The van der Waals surface area contributed by atoms with Crippen molar-refractivity contribution in [1.82, 2.24) is 4.90 Å². The van der Waals surface area contributed by atoms with Crippen molar-refractivity contribution < 1.29 is 18.0 Å². The number of nitrogens with zero attached hydrogens (tertiary/aromatic N) is 1. The zero-order valence-corrected chi connectivity index (χ0v) is 14.9. The number of hydrogen-bond acceptors (Lipinski definition) is 2. The van der Waals surface area contributed by atoms with E-state index in [4.69, 9.17) is 0 Å². The number of thioether (sulfide) groups is 1. The molecule has 2 rings (SSSR count). The van der Waals surface area contributed by atoms with Crippen molar-refractivity contribution >= 4 is 17.7 Å². The van der Waals surface area contributed by atoms with Crippen LogP contribution < -0.4 is 0 Å². The second kappa shape index (κ2) is 8.28. The fourth-order valence-electron chi connectivity index (χ4n) is 3.11. The van der Waals surface area contributed by atoms with Crippen molar-refractivity contribution in [3.63, 3.8) is 0 Å². The summed E-state index contributed by atoms with van der Waals surface area (Å²) in [6.07, 6.45) is -0.886. The lowest BCUT2D eigenvalue weighted by Crippen LogP contribution is -2.36. The van der Waals surface area contributed by atoms with Crippen molar-refractivity contribution in [3.05, 3.63) is 35.4 Å². The van der Waals surface area contributed by atoms with E-state index in [0.29, 0.717) is 12.3 Å². The normalized spacial score (nSPS) is 19.5.